The minimum atomic E-state index is -0.263. The Morgan fingerprint density at radius 3 is 2.78 bits per heavy atom. The highest BCUT2D eigenvalue weighted by molar-refractivity contribution is 6.05. The number of aryl methyl sites for hydroxylation is 1. The number of hydrogen-bond acceptors (Lipinski definition) is 5. The minimum Gasteiger partial charge on any atom is -0.494 e. The Morgan fingerprint density at radius 2 is 2.00 bits per heavy atom. The second kappa shape index (κ2) is 9.96. The van der Waals surface area contributed by atoms with Crippen molar-refractivity contribution in [2.24, 2.45) is 0 Å². The average Bonchev–Trinajstić information content (AvgIpc) is 2.82. The highest BCUT2D eigenvalue weighted by Crippen LogP contribution is 2.35. The average molecular weight is 431 g/mol. The zero-order chi connectivity index (χ0) is 22.3. The number of fused-ring (bicyclic) bond motifs is 1. The van der Waals surface area contributed by atoms with Gasteiger partial charge in [-0.25, -0.2) is 0 Å². The number of ether oxygens (including phenoxy) is 2. The van der Waals surface area contributed by atoms with Crippen LogP contribution < -0.4 is 19.7 Å². The van der Waals surface area contributed by atoms with Gasteiger partial charge in [-0.05, 0) is 62.2 Å². The van der Waals surface area contributed by atoms with Gasteiger partial charge >= 0.3 is 0 Å². The lowest BCUT2D eigenvalue weighted by Gasteiger charge is -2.30. The molecular formula is C25H25N3O4. The molecule has 0 fully saturated rings. The van der Waals surface area contributed by atoms with Crippen molar-refractivity contribution in [3.05, 3.63) is 78.1 Å². The number of rotatable bonds is 8. The van der Waals surface area contributed by atoms with Crippen LogP contribution in [0.2, 0.25) is 0 Å². The Kier molecular flexibility index (Phi) is 6.65. The van der Waals surface area contributed by atoms with Gasteiger partial charge in [0.1, 0.15) is 11.5 Å². The van der Waals surface area contributed by atoms with Crippen molar-refractivity contribution in [2.75, 3.05) is 30.0 Å². The smallest absolute Gasteiger partial charge is 0.265 e. The summed E-state index contributed by atoms with van der Waals surface area (Å²) in [6.07, 6.45) is 4.71. The number of benzene rings is 2. The van der Waals surface area contributed by atoms with Crippen LogP contribution in [0.1, 0.15) is 28.8 Å². The lowest BCUT2D eigenvalue weighted by Crippen LogP contribution is -2.39. The van der Waals surface area contributed by atoms with Crippen LogP contribution in [-0.2, 0) is 4.79 Å². The molecule has 4 rings (SSSR count). The highest BCUT2D eigenvalue weighted by atomic mass is 16.5. The molecule has 164 valence electrons. The summed E-state index contributed by atoms with van der Waals surface area (Å²) in [5.74, 6) is 1.10. The lowest BCUT2D eigenvalue weighted by atomic mass is 10.1. The lowest BCUT2D eigenvalue weighted by molar-refractivity contribution is -0.121. The summed E-state index contributed by atoms with van der Waals surface area (Å²) >= 11 is 0. The molecule has 7 heteroatoms. The number of amides is 2. The van der Waals surface area contributed by atoms with Gasteiger partial charge in [0, 0.05) is 24.6 Å². The predicted octanol–water partition coefficient (Wildman–Crippen LogP) is 4.23. The molecule has 2 amide bonds. The topological polar surface area (TPSA) is 80.8 Å². The maximum absolute atomic E-state index is 12.5. The van der Waals surface area contributed by atoms with E-state index in [1.54, 1.807) is 41.4 Å². The Hall–Kier alpha value is -3.87. The SMILES string of the molecule is Cc1ccc(OCCCCN2C(=O)COc3ccc(NC(=O)c4cccnc4)cc32)cc1. The van der Waals surface area contributed by atoms with Gasteiger partial charge in [0.05, 0.1) is 17.9 Å². The van der Waals surface area contributed by atoms with Gasteiger partial charge in [0.2, 0.25) is 0 Å². The number of anilines is 2. The normalized spacial score (nSPS) is 12.7. The summed E-state index contributed by atoms with van der Waals surface area (Å²) in [7, 11) is 0. The number of nitrogens with one attached hydrogen (secondary N) is 1. The maximum atomic E-state index is 12.5. The van der Waals surface area contributed by atoms with Crippen LogP contribution in [0, 0.1) is 6.92 Å². The second-order valence-electron chi connectivity index (χ2n) is 7.58. The van der Waals surface area contributed by atoms with E-state index >= 15 is 0 Å². The molecule has 0 bridgehead atoms. The predicted molar refractivity (Wildman–Crippen MR) is 122 cm³/mol. The molecule has 7 nitrogen and oxygen atoms in total. The van der Waals surface area contributed by atoms with Gasteiger partial charge in [0.15, 0.2) is 6.61 Å². The van der Waals surface area contributed by atoms with Crippen LogP contribution in [0.3, 0.4) is 0 Å². The summed E-state index contributed by atoms with van der Waals surface area (Å²) in [5.41, 5.74) is 2.90. The van der Waals surface area contributed by atoms with E-state index in [0.29, 0.717) is 35.8 Å². The minimum absolute atomic E-state index is 0.00819. The largest absolute Gasteiger partial charge is 0.494 e. The fourth-order valence-electron chi connectivity index (χ4n) is 3.42. The van der Waals surface area contributed by atoms with Gasteiger partial charge in [0.25, 0.3) is 11.8 Å². The number of nitrogens with zero attached hydrogens (tertiary/aromatic N) is 2. The van der Waals surface area contributed by atoms with E-state index in [1.807, 2.05) is 31.2 Å². The van der Waals surface area contributed by atoms with E-state index < -0.39 is 0 Å². The second-order valence-corrected chi connectivity index (χ2v) is 7.58. The molecule has 0 unspecified atom stereocenters. The summed E-state index contributed by atoms with van der Waals surface area (Å²) in [6, 6.07) is 16.6. The van der Waals surface area contributed by atoms with Crippen LogP contribution in [0.4, 0.5) is 11.4 Å². The monoisotopic (exact) mass is 431 g/mol. The number of carbonyl (C=O) groups is 2. The molecule has 1 N–H and O–H groups in total. The standard InChI is InChI=1S/C25H25N3O4/c1-18-6-9-21(10-7-18)31-14-3-2-13-28-22-15-20(8-11-23(22)32-17-24(28)29)27-25(30)19-5-4-12-26-16-19/h4-12,15-16H,2-3,13-14,17H2,1H3,(H,27,30). The van der Waals surface area contributed by atoms with Crippen molar-refractivity contribution < 1.29 is 19.1 Å². The fourth-order valence-corrected chi connectivity index (χ4v) is 3.42. The van der Waals surface area contributed by atoms with Crippen LogP contribution in [0.5, 0.6) is 11.5 Å². The molecule has 0 radical (unpaired) electrons. The first-order valence-electron chi connectivity index (χ1n) is 10.6. The molecule has 2 aromatic carbocycles. The first-order chi connectivity index (χ1) is 15.6. The summed E-state index contributed by atoms with van der Waals surface area (Å²) in [5, 5.41) is 2.85. The number of unbranched alkanes of at least 4 members (excludes halogenated alkanes) is 1. The Balaban J connectivity index is 1.36. The van der Waals surface area contributed by atoms with Gasteiger partial charge < -0.3 is 19.7 Å². The van der Waals surface area contributed by atoms with Crippen molar-refractivity contribution >= 4 is 23.2 Å². The quantitative estimate of drug-likeness (QED) is 0.540. The molecule has 0 atom stereocenters. The maximum Gasteiger partial charge on any atom is 0.265 e. The molecule has 32 heavy (non-hydrogen) atoms. The molecule has 0 saturated carbocycles. The van der Waals surface area contributed by atoms with E-state index in [9.17, 15) is 9.59 Å². The van der Waals surface area contributed by atoms with Crippen LogP contribution in [0.15, 0.2) is 67.0 Å². The first kappa shape index (κ1) is 21.4. The van der Waals surface area contributed by atoms with Gasteiger partial charge in [-0.3, -0.25) is 14.6 Å². The Bertz CT molecular complexity index is 1080. The first-order valence-corrected chi connectivity index (χ1v) is 10.6. The van der Waals surface area contributed by atoms with Crippen molar-refractivity contribution in [3.63, 3.8) is 0 Å². The van der Waals surface area contributed by atoms with E-state index in [-0.39, 0.29) is 18.4 Å². The van der Waals surface area contributed by atoms with Gasteiger partial charge in [-0.15, -0.1) is 0 Å². The molecule has 1 aliphatic rings. The van der Waals surface area contributed by atoms with Crippen molar-refractivity contribution in [1.82, 2.24) is 4.98 Å². The third-order valence-electron chi connectivity index (χ3n) is 5.15. The van der Waals surface area contributed by atoms with Gasteiger partial charge in [-0.1, -0.05) is 17.7 Å². The fraction of sp³-hybridized carbons (Fsp3) is 0.240. The zero-order valence-corrected chi connectivity index (χ0v) is 17.9. The number of hydrogen-bond donors (Lipinski definition) is 1. The molecule has 2 heterocycles. The molecule has 0 aliphatic carbocycles. The van der Waals surface area contributed by atoms with Crippen LogP contribution >= 0.6 is 0 Å². The van der Waals surface area contributed by atoms with E-state index in [2.05, 4.69) is 10.3 Å². The van der Waals surface area contributed by atoms with Crippen LogP contribution in [-0.4, -0.2) is 36.6 Å². The van der Waals surface area contributed by atoms with Gasteiger partial charge in [-0.2, -0.15) is 0 Å². The van der Waals surface area contributed by atoms with E-state index in [0.717, 1.165) is 18.6 Å². The van der Waals surface area contributed by atoms with Crippen molar-refractivity contribution in [2.45, 2.75) is 19.8 Å². The summed E-state index contributed by atoms with van der Waals surface area (Å²) < 4.78 is 11.3. The van der Waals surface area contributed by atoms with Crippen molar-refractivity contribution in [1.29, 1.82) is 0 Å². The summed E-state index contributed by atoms with van der Waals surface area (Å²) in [4.78, 5) is 30.6. The molecule has 1 aliphatic heterocycles. The highest BCUT2D eigenvalue weighted by Gasteiger charge is 2.25. The Labute approximate surface area is 187 Å². The Morgan fingerprint density at radius 1 is 1.16 bits per heavy atom. The number of aromatic nitrogens is 1. The van der Waals surface area contributed by atoms with E-state index in [4.69, 9.17) is 9.47 Å². The third kappa shape index (κ3) is 5.24. The molecule has 3 aromatic rings. The molecule has 1 aromatic heterocycles. The molecule has 0 saturated heterocycles. The van der Waals surface area contributed by atoms with E-state index in [1.165, 1.54) is 11.8 Å². The zero-order valence-electron chi connectivity index (χ0n) is 17.9. The number of pyridine rings is 1. The van der Waals surface area contributed by atoms with Crippen molar-refractivity contribution in [3.8, 4) is 11.5 Å². The summed E-state index contributed by atoms with van der Waals surface area (Å²) in [6.45, 7) is 3.17. The number of carbonyl (C=O) groups excluding carboxylic acids is 2. The third-order valence-corrected chi connectivity index (χ3v) is 5.15. The molecular weight excluding hydrogens is 406 g/mol. The van der Waals surface area contributed by atoms with Crippen LogP contribution in [0.25, 0.3) is 0 Å². The molecule has 0 spiro atoms.